The van der Waals surface area contributed by atoms with Crippen molar-refractivity contribution in [2.45, 2.75) is 38.6 Å². The molecule has 1 atom stereocenters. The second-order valence-corrected chi connectivity index (χ2v) is 8.16. The van der Waals surface area contributed by atoms with Gasteiger partial charge in [-0.3, -0.25) is 4.68 Å². The van der Waals surface area contributed by atoms with Gasteiger partial charge in [0, 0.05) is 37.0 Å². The summed E-state index contributed by atoms with van der Waals surface area (Å²) in [5, 5.41) is 16.1. The zero-order valence-electron chi connectivity index (χ0n) is 15.5. The van der Waals surface area contributed by atoms with Gasteiger partial charge in [0.05, 0.1) is 22.4 Å². The highest BCUT2D eigenvalue weighted by Gasteiger charge is 2.23. The van der Waals surface area contributed by atoms with Gasteiger partial charge in [-0.1, -0.05) is 0 Å². The van der Waals surface area contributed by atoms with Crippen LogP contribution in [0.25, 0.3) is 16.6 Å². The molecule has 0 radical (unpaired) electrons. The van der Waals surface area contributed by atoms with E-state index in [0.29, 0.717) is 12.0 Å². The van der Waals surface area contributed by atoms with Crippen molar-refractivity contribution in [2.24, 2.45) is 7.05 Å². The highest BCUT2D eigenvalue weighted by Crippen LogP contribution is 2.38. The fourth-order valence-electron chi connectivity index (χ4n) is 3.71. The largest absolute Gasteiger partial charge is 0.367 e. The molecule has 1 saturated heterocycles. The van der Waals surface area contributed by atoms with E-state index in [0.717, 1.165) is 40.0 Å². The lowest BCUT2D eigenvalue weighted by molar-refractivity contribution is 0.460. The van der Waals surface area contributed by atoms with Crippen molar-refractivity contribution in [3.63, 3.8) is 0 Å². The van der Waals surface area contributed by atoms with Crippen LogP contribution in [0.1, 0.15) is 38.2 Å². The van der Waals surface area contributed by atoms with E-state index < -0.39 is 0 Å². The lowest BCUT2D eigenvalue weighted by Crippen LogP contribution is -2.29. The van der Waals surface area contributed by atoms with Crippen LogP contribution >= 0.6 is 15.9 Å². The number of nitrogens with zero attached hydrogens (tertiary/aromatic N) is 4. The smallest absolute Gasteiger partial charge is 0.143 e. The third-order valence-electron chi connectivity index (χ3n) is 4.95. The summed E-state index contributed by atoms with van der Waals surface area (Å²) >= 11 is 3.87. The Morgan fingerprint density at radius 2 is 2.15 bits per heavy atom. The molecule has 1 aliphatic heterocycles. The van der Waals surface area contributed by atoms with E-state index in [9.17, 15) is 0 Å². The Kier molecular flexibility index (Phi) is 4.75. The van der Waals surface area contributed by atoms with Gasteiger partial charge >= 0.3 is 0 Å². The molecule has 3 aromatic rings. The van der Waals surface area contributed by atoms with Crippen LogP contribution in [0.15, 0.2) is 29.1 Å². The number of aryl methyl sites for hydroxylation is 1. The van der Waals surface area contributed by atoms with Gasteiger partial charge in [-0.15, -0.1) is 0 Å². The van der Waals surface area contributed by atoms with Crippen molar-refractivity contribution in [3.05, 3.63) is 34.7 Å². The number of halogens is 1. The predicted octanol–water partition coefficient (Wildman–Crippen LogP) is 3.78. The van der Waals surface area contributed by atoms with E-state index in [1.807, 2.05) is 34.8 Å². The Bertz CT molecular complexity index is 920. The first-order valence-corrected chi connectivity index (χ1v) is 10.0. The molecule has 0 spiro atoms. The first-order valence-electron chi connectivity index (χ1n) is 9.21. The number of fused-ring (bicyclic) bond motifs is 1. The van der Waals surface area contributed by atoms with Gasteiger partial charge < -0.3 is 10.6 Å². The van der Waals surface area contributed by atoms with Crippen molar-refractivity contribution < 1.29 is 0 Å². The Hall–Kier alpha value is -1.86. The molecule has 1 fully saturated rings. The number of nitrogens with one attached hydrogen (secondary N) is 2. The summed E-state index contributed by atoms with van der Waals surface area (Å²) < 4.78 is 4.96. The Morgan fingerprint density at radius 3 is 2.81 bits per heavy atom. The normalized spacial score (nSPS) is 18.0. The zero-order chi connectivity index (χ0) is 18.3. The lowest BCUT2D eigenvalue weighted by atomic mass is 9.91. The van der Waals surface area contributed by atoms with Gasteiger partial charge in [0.2, 0.25) is 0 Å². The maximum Gasteiger partial charge on any atom is 0.143 e. The third-order valence-corrected chi connectivity index (χ3v) is 5.78. The second kappa shape index (κ2) is 7.04. The Labute approximate surface area is 162 Å². The van der Waals surface area contributed by atoms with Crippen LogP contribution in [0, 0.1) is 0 Å². The van der Waals surface area contributed by atoms with Crippen LogP contribution in [-0.4, -0.2) is 38.5 Å². The summed E-state index contributed by atoms with van der Waals surface area (Å²) in [5.41, 5.74) is 4.67. The minimum Gasteiger partial charge on any atom is -0.367 e. The summed E-state index contributed by atoms with van der Waals surface area (Å²) in [6.07, 6.45) is 8.29. The quantitative estimate of drug-likeness (QED) is 0.679. The first-order chi connectivity index (χ1) is 12.5. The molecule has 0 saturated carbocycles. The number of pyridine rings is 1. The number of aromatic nitrogens is 4. The van der Waals surface area contributed by atoms with Crippen LogP contribution in [-0.2, 0) is 7.05 Å². The highest BCUT2D eigenvalue weighted by atomic mass is 79.9. The average molecular weight is 417 g/mol. The summed E-state index contributed by atoms with van der Waals surface area (Å²) in [5.74, 6) is 1.53. The van der Waals surface area contributed by atoms with Crippen LogP contribution in [0.5, 0.6) is 0 Å². The van der Waals surface area contributed by atoms with E-state index in [4.69, 9.17) is 0 Å². The predicted molar refractivity (Wildman–Crippen MR) is 109 cm³/mol. The van der Waals surface area contributed by atoms with Crippen LogP contribution in [0.3, 0.4) is 0 Å². The van der Waals surface area contributed by atoms with Crippen LogP contribution in [0.2, 0.25) is 0 Å². The molecule has 0 aliphatic carbocycles. The second-order valence-electron chi connectivity index (χ2n) is 7.36. The summed E-state index contributed by atoms with van der Waals surface area (Å²) in [4.78, 5) is 0. The van der Waals surface area contributed by atoms with Crippen LogP contribution in [0.4, 0.5) is 5.82 Å². The molecular formula is C19H25BrN6. The molecule has 6 nitrogen and oxygen atoms in total. The number of hydrogen-bond acceptors (Lipinski definition) is 4. The Morgan fingerprint density at radius 1 is 1.31 bits per heavy atom. The van der Waals surface area contributed by atoms with Crippen molar-refractivity contribution in [1.29, 1.82) is 0 Å². The molecule has 3 aromatic heterocycles. The number of piperidine rings is 1. The van der Waals surface area contributed by atoms with Crippen molar-refractivity contribution in [2.75, 3.05) is 18.4 Å². The summed E-state index contributed by atoms with van der Waals surface area (Å²) in [6, 6.07) is 2.61. The fraction of sp³-hybridized carbons (Fsp3) is 0.474. The zero-order valence-corrected chi connectivity index (χ0v) is 17.0. The van der Waals surface area contributed by atoms with E-state index >= 15 is 0 Å². The minimum atomic E-state index is 0.320. The number of rotatable bonds is 4. The number of hydrogen-bond donors (Lipinski definition) is 2. The SMILES string of the molecule is CC(C)Nc1c(Br)c([C@@H]2CCCNC2)cc2c(-c3cnn(C)c3)cnn12. The standard InChI is InChI=1S/C19H25BrN6/c1-12(2)24-19-18(20)15(13-5-4-6-21-8-13)7-17-16(10-23-26(17)19)14-9-22-25(3)11-14/h7,9-13,21,24H,4-6,8H2,1-3H3/t13-/m1/s1. The first kappa shape index (κ1) is 17.5. The van der Waals surface area contributed by atoms with Gasteiger partial charge in [-0.05, 0) is 66.7 Å². The molecular weight excluding hydrogens is 392 g/mol. The van der Waals surface area contributed by atoms with Gasteiger partial charge in [0.1, 0.15) is 5.82 Å². The summed E-state index contributed by atoms with van der Waals surface area (Å²) in [6.45, 7) is 6.44. The minimum absolute atomic E-state index is 0.320. The topological polar surface area (TPSA) is 59.2 Å². The molecule has 2 N–H and O–H groups in total. The third kappa shape index (κ3) is 3.14. The summed E-state index contributed by atoms with van der Waals surface area (Å²) in [7, 11) is 1.94. The van der Waals surface area contributed by atoms with E-state index in [-0.39, 0.29) is 0 Å². The maximum atomic E-state index is 4.68. The molecule has 138 valence electrons. The van der Waals surface area contributed by atoms with Gasteiger partial charge in [-0.2, -0.15) is 10.2 Å². The molecule has 4 heterocycles. The van der Waals surface area contributed by atoms with Crippen molar-refractivity contribution in [1.82, 2.24) is 24.7 Å². The highest BCUT2D eigenvalue weighted by molar-refractivity contribution is 9.10. The molecule has 26 heavy (non-hydrogen) atoms. The lowest BCUT2D eigenvalue weighted by Gasteiger charge is -2.26. The van der Waals surface area contributed by atoms with E-state index in [1.54, 1.807) is 0 Å². The fourth-order valence-corrected chi connectivity index (χ4v) is 4.43. The molecule has 7 heteroatoms. The average Bonchev–Trinajstić information content (AvgIpc) is 3.23. The maximum absolute atomic E-state index is 4.68. The van der Waals surface area contributed by atoms with Crippen molar-refractivity contribution in [3.8, 4) is 11.1 Å². The van der Waals surface area contributed by atoms with E-state index in [1.165, 1.54) is 18.4 Å². The Balaban J connectivity index is 1.91. The molecule has 0 bridgehead atoms. The van der Waals surface area contributed by atoms with Crippen LogP contribution < -0.4 is 10.6 Å². The van der Waals surface area contributed by atoms with Gasteiger partial charge in [-0.25, -0.2) is 4.52 Å². The van der Waals surface area contributed by atoms with E-state index in [2.05, 4.69) is 56.7 Å². The van der Waals surface area contributed by atoms with Gasteiger partial charge in [0.15, 0.2) is 0 Å². The van der Waals surface area contributed by atoms with Crippen molar-refractivity contribution >= 4 is 27.3 Å². The monoisotopic (exact) mass is 416 g/mol. The molecule has 0 amide bonds. The molecule has 1 aliphatic rings. The molecule has 4 rings (SSSR count). The number of anilines is 1. The van der Waals surface area contributed by atoms with Gasteiger partial charge in [0.25, 0.3) is 0 Å². The molecule has 0 aromatic carbocycles. The molecule has 0 unspecified atom stereocenters.